The third-order valence-corrected chi connectivity index (χ3v) is 5.36. The number of amides is 1. The van der Waals surface area contributed by atoms with Gasteiger partial charge in [0.15, 0.2) is 0 Å². The summed E-state index contributed by atoms with van der Waals surface area (Å²) in [6.45, 7) is 2.09. The summed E-state index contributed by atoms with van der Waals surface area (Å²) in [4.78, 5) is 21.3. The van der Waals surface area contributed by atoms with Crippen LogP contribution in [-0.4, -0.2) is 25.7 Å². The van der Waals surface area contributed by atoms with Gasteiger partial charge in [-0.25, -0.2) is 9.67 Å². The Balaban J connectivity index is 1.49. The molecule has 0 aliphatic rings. The molecule has 4 rings (SSSR count). The number of carbonyl (C=O) groups is 1. The molecule has 0 unspecified atom stereocenters. The predicted molar refractivity (Wildman–Crippen MR) is 110 cm³/mol. The van der Waals surface area contributed by atoms with E-state index in [-0.39, 0.29) is 11.1 Å². The number of para-hydroxylation sites is 1. The molecule has 0 saturated heterocycles. The number of aryl methyl sites for hydroxylation is 1. The number of hydrogen-bond donors (Lipinski definition) is 1. The molecule has 0 atom stereocenters. The highest BCUT2D eigenvalue weighted by molar-refractivity contribution is 7.09. The van der Waals surface area contributed by atoms with Crippen LogP contribution in [-0.2, 0) is 6.54 Å². The van der Waals surface area contributed by atoms with Crippen molar-refractivity contribution in [1.82, 2.24) is 25.1 Å². The molecule has 3 aromatic heterocycles. The SMILES string of the molecule is Cc1nn(-c2ccccc2)c(Cl)c1C(=O)NCc1nc(-c2ccncc2)cs1. The molecule has 1 amide bonds. The van der Waals surface area contributed by atoms with Gasteiger partial charge in [-0.05, 0) is 31.2 Å². The number of nitrogens with one attached hydrogen (secondary N) is 1. The molecule has 0 fully saturated rings. The molecule has 140 valence electrons. The number of hydrogen-bond acceptors (Lipinski definition) is 5. The van der Waals surface area contributed by atoms with Crippen LogP contribution in [0.25, 0.3) is 16.9 Å². The molecule has 3 heterocycles. The number of aromatic nitrogens is 4. The first kappa shape index (κ1) is 18.3. The van der Waals surface area contributed by atoms with Crippen LogP contribution >= 0.6 is 22.9 Å². The van der Waals surface area contributed by atoms with Gasteiger partial charge < -0.3 is 5.32 Å². The van der Waals surface area contributed by atoms with Gasteiger partial charge in [-0.1, -0.05) is 29.8 Å². The zero-order valence-electron chi connectivity index (χ0n) is 15.0. The number of rotatable bonds is 5. The highest BCUT2D eigenvalue weighted by Gasteiger charge is 2.21. The Morgan fingerprint density at radius 2 is 1.93 bits per heavy atom. The Labute approximate surface area is 170 Å². The summed E-state index contributed by atoms with van der Waals surface area (Å²) in [5.74, 6) is -0.273. The Morgan fingerprint density at radius 1 is 1.18 bits per heavy atom. The fourth-order valence-corrected chi connectivity index (χ4v) is 3.89. The van der Waals surface area contributed by atoms with Gasteiger partial charge in [0, 0.05) is 23.3 Å². The summed E-state index contributed by atoms with van der Waals surface area (Å²) >= 11 is 7.94. The van der Waals surface area contributed by atoms with Gasteiger partial charge in [-0.3, -0.25) is 9.78 Å². The van der Waals surface area contributed by atoms with E-state index < -0.39 is 0 Å². The van der Waals surface area contributed by atoms with Crippen molar-refractivity contribution in [3.8, 4) is 16.9 Å². The van der Waals surface area contributed by atoms with Crippen molar-refractivity contribution in [2.24, 2.45) is 0 Å². The fourth-order valence-electron chi connectivity index (χ4n) is 2.79. The van der Waals surface area contributed by atoms with E-state index in [0.717, 1.165) is 22.0 Å². The lowest BCUT2D eigenvalue weighted by atomic mass is 10.2. The smallest absolute Gasteiger partial charge is 0.256 e. The Hall–Kier alpha value is -3.03. The minimum absolute atomic E-state index is 0.273. The maximum Gasteiger partial charge on any atom is 0.256 e. The summed E-state index contributed by atoms with van der Waals surface area (Å²) < 4.78 is 1.57. The van der Waals surface area contributed by atoms with E-state index in [2.05, 4.69) is 20.4 Å². The van der Waals surface area contributed by atoms with Crippen LogP contribution in [0.2, 0.25) is 5.15 Å². The highest BCUT2D eigenvalue weighted by atomic mass is 35.5. The maximum atomic E-state index is 12.7. The van der Waals surface area contributed by atoms with E-state index >= 15 is 0 Å². The second kappa shape index (κ2) is 7.92. The molecular formula is C20H16ClN5OS. The maximum absolute atomic E-state index is 12.7. The Kier molecular flexibility index (Phi) is 5.18. The topological polar surface area (TPSA) is 72.7 Å². The first-order valence-electron chi connectivity index (χ1n) is 8.57. The summed E-state index contributed by atoms with van der Waals surface area (Å²) in [7, 11) is 0. The molecule has 1 N–H and O–H groups in total. The van der Waals surface area contributed by atoms with Crippen molar-refractivity contribution in [3.63, 3.8) is 0 Å². The van der Waals surface area contributed by atoms with E-state index in [0.29, 0.717) is 17.8 Å². The van der Waals surface area contributed by atoms with Crippen LogP contribution in [0.1, 0.15) is 21.1 Å². The van der Waals surface area contributed by atoms with Crippen LogP contribution in [0, 0.1) is 6.92 Å². The minimum Gasteiger partial charge on any atom is -0.345 e. The molecule has 0 aliphatic heterocycles. The quantitative estimate of drug-likeness (QED) is 0.534. The van der Waals surface area contributed by atoms with Crippen LogP contribution in [0.3, 0.4) is 0 Å². The fraction of sp³-hybridized carbons (Fsp3) is 0.100. The molecular weight excluding hydrogens is 394 g/mol. The molecule has 0 radical (unpaired) electrons. The zero-order valence-corrected chi connectivity index (χ0v) is 16.5. The minimum atomic E-state index is -0.273. The molecule has 1 aromatic carbocycles. The van der Waals surface area contributed by atoms with Gasteiger partial charge in [-0.2, -0.15) is 5.10 Å². The number of halogens is 1. The molecule has 0 saturated carbocycles. The van der Waals surface area contributed by atoms with Crippen LogP contribution in [0.4, 0.5) is 0 Å². The van der Waals surface area contributed by atoms with Gasteiger partial charge in [0.1, 0.15) is 10.2 Å². The second-order valence-electron chi connectivity index (χ2n) is 6.04. The predicted octanol–water partition coefficient (Wildman–Crippen LogP) is 4.28. The normalized spacial score (nSPS) is 10.8. The lowest BCUT2D eigenvalue weighted by Gasteiger charge is -2.04. The summed E-state index contributed by atoms with van der Waals surface area (Å²) in [5.41, 5.74) is 3.60. The number of pyridine rings is 1. The monoisotopic (exact) mass is 409 g/mol. The van der Waals surface area contributed by atoms with Crippen LogP contribution in [0.15, 0.2) is 60.2 Å². The van der Waals surface area contributed by atoms with Crippen LogP contribution in [0.5, 0.6) is 0 Å². The first-order valence-corrected chi connectivity index (χ1v) is 9.83. The number of carbonyl (C=O) groups excluding carboxylic acids is 1. The van der Waals surface area contributed by atoms with Crippen molar-refractivity contribution >= 4 is 28.8 Å². The first-order chi connectivity index (χ1) is 13.6. The molecule has 0 spiro atoms. The Morgan fingerprint density at radius 3 is 2.68 bits per heavy atom. The van der Waals surface area contributed by atoms with Crippen molar-refractivity contribution in [2.45, 2.75) is 13.5 Å². The van der Waals surface area contributed by atoms with Crippen molar-refractivity contribution < 1.29 is 4.79 Å². The summed E-state index contributed by atoms with van der Waals surface area (Å²) in [6, 6.07) is 13.3. The average Bonchev–Trinajstić information content (AvgIpc) is 3.32. The van der Waals surface area contributed by atoms with E-state index in [9.17, 15) is 4.79 Å². The lowest BCUT2D eigenvalue weighted by Crippen LogP contribution is -2.23. The van der Waals surface area contributed by atoms with Crippen LogP contribution < -0.4 is 5.32 Å². The van der Waals surface area contributed by atoms with E-state index in [4.69, 9.17) is 11.6 Å². The Bertz CT molecular complexity index is 1110. The van der Waals surface area contributed by atoms with Gasteiger partial charge in [0.05, 0.1) is 29.2 Å². The van der Waals surface area contributed by atoms with Crippen molar-refractivity contribution in [1.29, 1.82) is 0 Å². The standard InChI is InChI=1S/C20H16ClN5OS/c1-13-18(19(21)26(25-13)15-5-3-2-4-6-15)20(27)23-11-17-24-16(12-28-17)14-7-9-22-10-8-14/h2-10,12H,11H2,1H3,(H,23,27). The molecule has 8 heteroatoms. The van der Waals surface area contributed by atoms with Crippen molar-refractivity contribution in [3.05, 3.63) is 81.7 Å². The summed E-state index contributed by atoms with van der Waals surface area (Å²) in [6.07, 6.45) is 3.45. The molecule has 0 bridgehead atoms. The largest absolute Gasteiger partial charge is 0.345 e. The van der Waals surface area contributed by atoms with E-state index in [1.807, 2.05) is 47.8 Å². The summed E-state index contributed by atoms with van der Waals surface area (Å²) in [5, 5.41) is 10.4. The van der Waals surface area contributed by atoms with Gasteiger partial charge >= 0.3 is 0 Å². The average molecular weight is 410 g/mol. The molecule has 0 aliphatic carbocycles. The highest BCUT2D eigenvalue weighted by Crippen LogP contribution is 2.24. The van der Waals surface area contributed by atoms with Gasteiger partial charge in [0.2, 0.25) is 0 Å². The van der Waals surface area contributed by atoms with E-state index in [1.54, 1.807) is 24.0 Å². The second-order valence-corrected chi connectivity index (χ2v) is 7.34. The molecule has 28 heavy (non-hydrogen) atoms. The molecule has 6 nitrogen and oxygen atoms in total. The third kappa shape index (κ3) is 3.67. The number of nitrogens with zero attached hydrogens (tertiary/aromatic N) is 4. The lowest BCUT2D eigenvalue weighted by molar-refractivity contribution is 0.0950. The van der Waals surface area contributed by atoms with Gasteiger partial charge in [-0.15, -0.1) is 11.3 Å². The van der Waals surface area contributed by atoms with Gasteiger partial charge in [0.25, 0.3) is 5.91 Å². The number of benzene rings is 1. The van der Waals surface area contributed by atoms with E-state index in [1.165, 1.54) is 11.3 Å². The third-order valence-electron chi connectivity index (χ3n) is 4.16. The van der Waals surface area contributed by atoms with Crippen molar-refractivity contribution in [2.75, 3.05) is 0 Å². The number of thiazole rings is 1. The molecule has 4 aromatic rings. The zero-order chi connectivity index (χ0) is 19.5.